The largest absolute Gasteiger partial charge is 0.481 e. The van der Waals surface area contributed by atoms with Gasteiger partial charge in [-0.3, -0.25) is 14.1 Å². The van der Waals surface area contributed by atoms with E-state index in [4.69, 9.17) is 9.29 Å². The predicted octanol–water partition coefficient (Wildman–Crippen LogP) is 1.48. The Morgan fingerprint density at radius 3 is 2.17 bits per heavy atom. The molecule has 0 radical (unpaired) electrons. The van der Waals surface area contributed by atoms with Crippen molar-refractivity contribution in [2.24, 2.45) is 22.7 Å². The molecule has 0 saturated heterocycles. The highest BCUT2D eigenvalue weighted by Gasteiger charge is 2.63. The van der Waals surface area contributed by atoms with Crippen LogP contribution in [0.5, 0.6) is 0 Å². The van der Waals surface area contributed by atoms with Crippen LogP contribution in [0.1, 0.15) is 44.9 Å². The smallest absolute Gasteiger partial charge is 0.312 e. The summed E-state index contributed by atoms with van der Waals surface area (Å²) >= 11 is 0. The van der Waals surface area contributed by atoms with Gasteiger partial charge < -0.3 is 9.84 Å². The SMILES string of the molecule is O=C(O)C12CC3CC(C1)CC(C(=O)OCCCS(=O)(=O)O)(C3)C2. The van der Waals surface area contributed by atoms with E-state index in [1.54, 1.807) is 0 Å². The third-order valence-corrected chi connectivity index (χ3v) is 6.53. The summed E-state index contributed by atoms with van der Waals surface area (Å²) in [5.41, 5.74) is -1.52. The Kier molecular flexibility index (Phi) is 3.95. The van der Waals surface area contributed by atoms with E-state index in [0.29, 0.717) is 32.1 Å². The van der Waals surface area contributed by atoms with Crippen LogP contribution < -0.4 is 0 Å². The summed E-state index contributed by atoms with van der Waals surface area (Å²) in [4.78, 5) is 24.3. The van der Waals surface area contributed by atoms with Gasteiger partial charge in [0, 0.05) is 0 Å². The van der Waals surface area contributed by atoms with Gasteiger partial charge in [0.2, 0.25) is 0 Å². The van der Waals surface area contributed by atoms with Gasteiger partial charge in [-0.05, 0) is 56.8 Å². The predicted molar refractivity (Wildman–Crippen MR) is 79.2 cm³/mol. The summed E-state index contributed by atoms with van der Waals surface area (Å²) in [6.45, 7) is -0.0736. The molecule has 4 saturated carbocycles. The average molecular weight is 346 g/mol. The Morgan fingerprint density at radius 1 is 1.09 bits per heavy atom. The summed E-state index contributed by atoms with van der Waals surface area (Å²) in [6, 6.07) is 0. The first-order chi connectivity index (χ1) is 10.6. The van der Waals surface area contributed by atoms with Crippen LogP contribution in [0.25, 0.3) is 0 Å². The van der Waals surface area contributed by atoms with E-state index in [-0.39, 0.29) is 24.9 Å². The normalized spacial score (nSPS) is 38.5. The van der Waals surface area contributed by atoms with E-state index in [9.17, 15) is 23.1 Å². The molecule has 8 heteroatoms. The van der Waals surface area contributed by atoms with Crippen LogP contribution in [-0.4, -0.2) is 42.4 Å². The molecule has 0 aromatic rings. The molecule has 0 amide bonds. The summed E-state index contributed by atoms with van der Waals surface area (Å²) in [6.07, 6.45) is 4.02. The first-order valence-electron chi connectivity index (χ1n) is 8.00. The number of esters is 1. The summed E-state index contributed by atoms with van der Waals surface area (Å²) < 4.78 is 35.2. The van der Waals surface area contributed by atoms with Gasteiger partial charge in [-0.1, -0.05) is 0 Å². The second-order valence-corrected chi connectivity index (χ2v) is 9.17. The fraction of sp³-hybridized carbons (Fsp3) is 0.867. The maximum atomic E-state index is 12.6. The average Bonchev–Trinajstić information content (AvgIpc) is 2.40. The lowest BCUT2D eigenvalue weighted by Crippen LogP contribution is -2.57. The highest BCUT2D eigenvalue weighted by atomic mass is 32.2. The van der Waals surface area contributed by atoms with E-state index in [0.717, 1.165) is 6.42 Å². The molecule has 4 aliphatic rings. The maximum absolute atomic E-state index is 12.6. The van der Waals surface area contributed by atoms with Gasteiger partial charge in [0.1, 0.15) is 0 Å². The van der Waals surface area contributed by atoms with Gasteiger partial charge in [0.05, 0.1) is 23.2 Å². The van der Waals surface area contributed by atoms with Gasteiger partial charge in [-0.15, -0.1) is 0 Å². The van der Waals surface area contributed by atoms with E-state index >= 15 is 0 Å². The fourth-order valence-corrected chi connectivity index (χ4v) is 5.79. The number of rotatable bonds is 6. The maximum Gasteiger partial charge on any atom is 0.312 e. The molecule has 4 fully saturated rings. The molecular formula is C15H22O7S. The zero-order valence-corrected chi connectivity index (χ0v) is 13.7. The number of hydrogen-bond acceptors (Lipinski definition) is 5. The number of hydrogen-bond donors (Lipinski definition) is 2. The van der Waals surface area contributed by atoms with Crippen molar-refractivity contribution in [2.45, 2.75) is 44.9 Å². The number of ether oxygens (including phenoxy) is 1. The first-order valence-corrected chi connectivity index (χ1v) is 9.61. The number of aliphatic carboxylic acids is 1. The van der Waals surface area contributed by atoms with Gasteiger partial charge in [-0.25, -0.2) is 0 Å². The Morgan fingerprint density at radius 2 is 1.65 bits per heavy atom. The van der Waals surface area contributed by atoms with Gasteiger partial charge in [0.25, 0.3) is 10.1 Å². The van der Waals surface area contributed by atoms with Crippen molar-refractivity contribution >= 4 is 22.1 Å². The van der Waals surface area contributed by atoms with Crippen molar-refractivity contribution in [3.8, 4) is 0 Å². The Labute approximate surface area is 135 Å². The second-order valence-electron chi connectivity index (χ2n) is 7.60. The van der Waals surface area contributed by atoms with Crippen LogP contribution in [0.2, 0.25) is 0 Å². The topological polar surface area (TPSA) is 118 Å². The van der Waals surface area contributed by atoms with Crippen LogP contribution in [0.4, 0.5) is 0 Å². The summed E-state index contributed by atoms with van der Waals surface area (Å²) in [7, 11) is -4.06. The molecule has 4 rings (SSSR count). The highest BCUT2D eigenvalue weighted by Crippen LogP contribution is 2.65. The Hall–Kier alpha value is -1.15. The van der Waals surface area contributed by atoms with Gasteiger partial charge in [0.15, 0.2) is 0 Å². The Bertz CT molecular complexity index is 610. The quantitative estimate of drug-likeness (QED) is 0.425. The van der Waals surface area contributed by atoms with E-state index in [1.165, 1.54) is 0 Å². The summed E-state index contributed by atoms with van der Waals surface area (Å²) in [5, 5.41) is 9.63. The van der Waals surface area contributed by atoms with E-state index < -0.39 is 38.6 Å². The molecule has 130 valence electrons. The van der Waals surface area contributed by atoms with Gasteiger partial charge >= 0.3 is 11.9 Å². The lowest BCUT2D eigenvalue weighted by molar-refractivity contribution is -0.190. The number of carboxylic acids is 1. The van der Waals surface area contributed by atoms with Crippen LogP contribution >= 0.6 is 0 Å². The van der Waals surface area contributed by atoms with Crippen molar-refractivity contribution in [1.29, 1.82) is 0 Å². The zero-order chi connectivity index (χ0) is 16.9. The third-order valence-electron chi connectivity index (χ3n) is 5.73. The van der Waals surface area contributed by atoms with Crippen LogP contribution in [0.3, 0.4) is 0 Å². The molecule has 0 spiro atoms. The van der Waals surface area contributed by atoms with Crippen molar-refractivity contribution in [3.05, 3.63) is 0 Å². The number of carboxylic acid groups (broad SMARTS) is 1. The molecule has 2 unspecified atom stereocenters. The van der Waals surface area contributed by atoms with Crippen molar-refractivity contribution in [3.63, 3.8) is 0 Å². The molecule has 0 aliphatic heterocycles. The molecule has 4 aliphatic carbocycles. The van der Waals surface area contributed by atoms with Crippen molar-refractivity contribution in [1.82, 2.24) is 0 Å². The minimum atomic E-state index is -4.06. The van der Waals surface area contributed by atoms with E-state index in [2.05, 4.69) is 0 Å². The van der Waals surface area contributed by atoms with Crippen LogP contribution in [0.15, 0.2) is 0 Å². The van der Waals surface area contributed by atoms with Crippen molar-refractivity contribution in [2.75, 3.05) is 12.4 Å². The third kappa shape index (κ3) is 3.10. The molecule has 23 heavy (non-hydrogen) atoms. The van der Waals surface area contributed by atoms with Crippen LogP contribution in [0, 0.1) is 22.7 Å². The molecule has 0 aromatic carbocycles. The van der Waals surface area contributed by atoms with E-state index in [1.807, 2.05) is 0 Å². The highest BCUT2D eigenvalue weighted by molar-refractivity contribution is 7.85. The molecule has 2 atom stereocenters. The monoisotopic (exact) mass is 346 g/mol. The molecule has 7 nitrogen and oxygen atoms in total. The van der Waals surface area contributed by atoms with Crippen molar-refractivity contribution < 1.29 is 32.4 Å². The standard InChI is InChI=1S/C15H22O7S/c16-12(17)14-5-10-4-11(6-14)8-15(7-10,9-14)13(18)22-2-1-3-23(19,20)21/h10-11H,1-9H2,(H,16,17)(H,19,20,21). The van der Waals surface area contributed by atoms with Gasteiger partial charge in [-0.2, -0.15) is 8.42 Å². The fourth-order valence-electron chi connectivity index (χ4n) is 5.31. The zero-order valence-electron chi connectivity index (χ0n) is 12.9. The Balaban J connectivity index is 1.67. The molecule has 2 N–H and O–H groups in total. The first kappa shape index (κ1) is 16.7. The minimum Gasteiger partial charge on any atom is -0.481 e. The van der Waals surface area contributed by atoms with Crippen LogP contribution in [-0.2, 0) is 24.4 Å². The molecule has 0 heterocycles. The number of carbonyl (C=O) groups is 2. The molecular weight excluding hydrogens is 324 g/mol. The summed E-state index contributed by atoms with van der Waals surface area (Å²) in [5.74, 6) is -1.13. The second kappa shape index (κ2) is 5.44. The lowest BCUT2D eigenvalue weighted by Gasteiger charge is -2.59. The molecule has 4 bridgehead atoms. The number of carbonyl (C=O) groups excluding carboxylic acids is 1. The lowest BCUT2D eigenvalue weighted by atomic mass is 9.44. The molecule has 0 aromatic heterocycles. The minimum absolute atomic E-state index is 0.0393.